The van der Waals surface area contributed by atoms with E-state index < -0.39 is 0 Å². The normalized spacial score (nSPS) is 18.3. The van der Waals surface area contributed by atoms with Crippen molar-refractivity contribution in [1.82, 2.24) is 0 Å². The maximum absolute atomic E-state index is 12.9. The summed E-state index contributed by atoms with van der Waals surface area (Å²) in [6.07, 6.45) is 3.27. The molecule has 0 radical (unpaired) electrons. The lowest BCUT2D eigenvalue weighted by Crippen LogP contribution is -3.11. The number of phenols is 1. The molecule has 0 aromatic heterocycles. The van der Waals surface area contributed by atoms with Crippen molar-refractivity contribution in [2.24, 2.45) is 0 Å². The second-order valence-corrected chi connectivity index (χ2v) is 5.53. The van der Waals surface area contributed by atoms with E-state index in [1.54, 1.807) is 12.1 Å². The molecule has 1 aliphatic rings. The molecule has 0 aliphatic carbocycles. The minimum atomic E-state index is -0.185. The number of rotatable bonds is 3. The third-order valence-corrected chi connectivity index (χ3v) is 3.99. The van der Waals surface area contributed by atoms with Crippen molar-refractivity contribution in [2.75, 3.05) is 13.1 Å². The van der Waals surface area contributed by atoms with Crippen molar-refractivity contribution in [3.05, 3.63) is 71.6 Å². The topological polar surface area (TPSA) is 24.7 Å². The van der Waals surface area contributed by atoms with Gasteiger partial charge in [0.2, 0.25) is 0 Å². The van der Waals surface area contributed by atoms with Crippen molar-refractivity contribution in [2.45, 2.75) is 13.0 Å². The molecule has 1 atom stereocenters. The van der Waals surface area contributed by atoms with Crippen molar-refractivity contribution in [3.8, 4) is 5.75 Å². The molecule has 0 saturated carbocycles. The summed E-state index contributed by atoms with van der Waals surface area (Å²) >= 11 is 0. The molecule has 21 heavy (non-hydrogen) atoms. The lowest BCUT2D eigenvalue weighted by Gasteiger charge is -2.24. The van der Waals surface area contributed by atoms with Gasteiger partial charge in [0.05, 0.1) is 13.1 Å². The SMILES string of the molecule is Oc1ccc(C[NH+]2CC=C(c3ccc(F)cc3)CC2)cc1. The zero-order valence-corrected chi connectivity index (χ0v) is 11.8. The molecular formula is C18H19FNO+. The van der Waals surface area contributed by atoms with E-state index in [4.69, 9.17) is 0 Å². The molecule has 0 saturated heterocycles. The number of benzene rings is 2. The van der Waals surface area contributed by atoms with Crippen LogP contribution in [-0.2, 0) is 6.54 Å². The van der Waals surface area contributed by atoms with Gasteiger partial charge in [-0.05, 0) is 53.6 Å². The smallest absolute Gasteiger partial charge is 0.123 e. The van der Waals surface area contributed by atoms with Crippen molar-refractivity contribution >= 4 is 5.57 Å². The van der Waals surface area contributed by atoms with Gasteiger partial charge in [-0.25, -0.2) is 4.39 Å². The fraction of sp³-hybridized carbons (Fsp3) is 0.222. The standard InChI is InChI=1S/C18H18FNO/c19-17-5-3-15(4-6-17)16-9-11-20(12-10-16)13-14-1-7-18(21)8-2-14/h1-9,21H,10-13H2/p+1. The molecule has 3 rings (SSSR count). The average Bonchev–Trinajstić information content (AvgIpc) is 2.51. The van der Waals surface area contributed by atoms with Gasteiger partial charge in [-0.3, -0.25) is 0 Å². The van der Waals surface area contributed by atoms with E-state index >= 15 is 0 Å². The molecule has 2 nitrogen and oxygen atoms in total. The van der Waals surface area contributed by atoms with Gasteiger partial charge < -0.3 is 10.0 Å². The molecule has 1 unspecified atom stereocenters. The lowest BCUT2D eigenvalue weighted by atomic mass is 9.99. The second kappa shape index (κ2) is 6.10. The summed E-state index contributed by atoms with van der Waals surface area (Å²) in [5, 5.41) is 9.30. The van der Waals surface area contributed by atoms with Gasteiger partial charge in [0.1, 0.15) is 18.1 Å². The summed E-state index contributed by atoms with van der Waals surface area (Å²) in [7, 11) is 0. The quantitative estimate of drug-likeness (QED) is 0.889. The number of halogens is 1. The summed E-state index contributed by atoms with van der Waals surface area (Å²) in [6.45, 7) is 3.02. The third-order valence-electron chi connectivity index (χ3n) is 3.99. The number of phenolic OH excluding ortho intramolecular Hbond substituents is 1. The summed E-state index contributed by atoms with van der Waals surface area (Å²) in [4.78, 5) is 1.51. The minimum absolute atomic E-state index is 0.185. The van der Waals surface area contributed by atoms with Gasteiger partial charge in [0.25, 0.3) is 0 Å². The first kappa shape index (κ1) is 13.8. The Morgan fingerprint density at radius 1 is 1.00 bits per heavy atom. The Morgan fingerprint density at radius 3 is 2.33 bits per heavy atom. The van der Waals surface area contributed by atoms with Crippen LogP contribution in [0.2, 0.25) is 0 Å². The molecule has 2 N–H and O–H groups in total. The Hall–Kier alpha value is -2.13. The first-order valence-corrected chi connectivity index (χ1v) is 7.27. The van der Waals surface area contributed by atoms with E-state index in [9.17, 15) is 9.50 Å². The van der Waals surface area contributed by atoms with Crippen LogP contribution in [-0.4, -0.2) is 18.2 Å². The Balaban J connectivity index is 1.63. The van der Waals surface area contributed by atoms with Crippen LogP contribution in [0.4, 0.5) is 4.39 Å². The summed E-state index contributed by atoms with van der Waals surface area (Å²) < 4.78 is 12.9. The monoisotopic (exact) mass is 284 g/mol. The molecule has 0 amide bonds. The zero-order valence-electron chi connectivity index (χ0n) is 11.8. The van der Waals surface area contributed by atoms with E-state index in [0.29, 0.717) is 5.75 Å². The van der Waals surface area contributed by atoms with E-state index in [2.05, 4.69) is 6.08 Å². The highest BCUT2D eigenvalue weighted by molar-refractivity contribution is 5.65. The average molecular weight is 284 g/mol. The van der Waals surface area contributed by atoms with Crippen LogP contribution < -0.4 is 4.90 Å². The number of hydrogen-bond acceptors (Lipinski definition) is 1. The predicted molar refractivity (Wildman–Crippen MR) is 81.5 cm³/mol. The van der Waals surface area contributed by atoms with Gasteiger partial charge >= 0.3 is 0 Å². The molecule has 0 fully saturated rings. The van der Waals surface area contributed by atoms with Gasteiger partial charge in [0.15, 0.2) is 0 Å². The van der Waals surface area contributed by atoms with Crippen molar-refractivity contribution < 1.29 is 14.4 Å². The summed E-state index contributed by atoms with van der Waals surface area (Å²) in [5.74, 6) is 0.126. The maximum Gasteiger partial charge on any atom is 0.123 e. The molecule has 2 aromatic rings. The van der Waals surface area contributed by atoms with Gasteiger partial charge in [-0.2, -0.15) is 0 Å². The van der Waals surface area contributed by atoms with Crippen LogP contribution in [0, 0.1) is 5.82 Å². The van der Waals surface area contributed by atoms with Gasteiger partial charge in [-0.15, -0.1) is 0 Å². The highest BCUT2D eigenvalue weighted by atomic mass is 19.1. The highest BCUT2D eigenvalue weighted by Gasteiger charge is 2.16. The lowest BCUT2D eigenvalue weighted by molar-refractivity contribution is -0.908. The number of hydrogen-bond donors (Lipinski definition) is 2. The molecule has 3 heteroatoms. The summed E-state index contributed by atoms with van der Waals surface area (Å²) in [5.41, 5.74) is 3.67. The first-order chi connectivity index (χ1) is 10.2. The van der Waals surface area contributed by atoms with Crippen LogP contribution in [0.25, 0.3) is 5.57 Å². The van der Waals surface area contributed by atoms with Crippen LogP contribution in [0.5, 0.6) is 5.75 Å². The van der Waals surface area contributed by atoms with Gasteiger partial charge in [0, 0.05) is 12.0 Å². The predicted octanol–water partition coefficient (Wildman–Crippen LogP) is 2.40. The fourth-order valence-corrected chi connectivity index (χ4v) is 2.77. The Labute approximate surface area is 124 Å². The number of nitrogens with one attached hydrogen (secondary N) is 1. The second-order valence-electron chi connectivity index (χ2n) is 5.53. The first-order valence-electron chi connectivity index (χ1n) is 7.27. The highest BCUT2D eigenvalue weighted by Crippen LogP contribution is 2.19. The third kappa shape index (κ3) is 3.50. The van der Waals surface area contributed by atoms with E-state index in [0.717, 1.165) is 31.6 Å². The Bertz CT molecular complexity index is 631. The van der Waals surface area contributed by atoms with E-state index in [-0.39, 0.29) is 5.82 Å². The Kier molecular flexibility index (Phi) is 4.02. The molecule has 1 aliphatic heterocycles. The van der Waals surface area contributed by atoms with E-state index in [1.165, 1.54) is 28.2 Å². The minimum Gasteiger partial charge on any atom is -0.508 e. The van der Waals surface area contributed by atoms with Crippen LogP contribution in [0.15, 0.2) is 54.6 Å². The van der Waals surface area contributed by atoms with Gasteiger partial charge in [-0.1, -0.05) is 12.1 Å². The van der Waals surface area contributed by atoms with Crippen LogP contribution >= 0.6 is 0 Å². The molecule has 108 valence electrons. The molecule has 0 spiro atoms. The Morgan fingerprint density at radius 2 is 1.71 bits per heavy atom. The van der Waals surface area contributed by atoms with Crippen molar-refractivity contribution in [1.29, 1.82) is 0 Å². The molecule has 2 aromatic carbocycles. The molecule has 1 heterocycles. The maximum atomic E-state index is 12.9. The number of aromatic hydroxyl groups is 1. The molecular weight excluding hydrogens is 265 g/mol. The van der Waals surface area contributed by atoms with E-state index in [1.807, 2.05) is 24.3 Å². The largest absolute Gasteiger partial charge is 0.508 e. The number of quaternary nitrogens is 1. The van der Waals surface area contributed by atoms with Crippen LogP contribution in [0.1, 0.15) is 17.5 Å². The molecule has 0 bridgehead atoms. The zero-order chi connectivity index (χ0) is 14.7. The van der Waals surface area contributed by atoms with Crippen LogP contribution in [0.3, 0.4) is 0 Å². The fourth-order valence-electron chi connectivity index (χ4n) is 2.77. The summed E-state index contributed by atoms with van der Waals surface area (Å²) in [6, 6.07) is 14.2. The van der Waals surface area contributed by atoms with Crippen molar-refractivity contribution in [3.63, 3.8) is 0 Å².